The van der Waals surface area contributed by atoms with Crippen molar-refractivity contribution in [1.29, 1.82) is 0 Å². The molecular formula is C8H10Cl2F5P. The van der Waals surface area contributed by atoms with E-state index in [9.17, 15) is 22.0 Å². The Bertz CT molecular complexity index is 259. The minimum absolute atomic E-state index is 0.286. The summed E-state index contributed by atoms with van der Waals surface area (Å²) in [5, 5.41) is -3.26. The van der Waals surface area contributed by atoms with E-state index >= 15 is 0 Å². The molecule has 0 saturated heterocycles. The molecule has 0 bridgehead atoms. The first-order chi connectivity index (χ1) is 7.23. The predicted octanol–water partition coefficient (Wildman–Crippen LogP) is 4.98. The minimum Gasteiger partial charge on any atom is -0.232 e. The van der Waals surface area contributed by atoms with Gasteiger partial charge in [0.1, 0.15) is 0 Å². The van der Waals surface area contributed by atoms with E-state index in [1.165, 1.54) is 0 Å². The van der Waals surface area contributed by atoms with Gasteiger partial charge in [0.25, 0.3) is 0 Å². The summed E-state index contributed by atoms with van der Waals surface area (Å²) in [6.45, 7) is 0. The fourth-order valence-electron chi connectivity index (χ4n) is 1.72. The van der Waals surface area contributed by atoms with Gasteiger partial charge in [-0.1, -0.05) is 0 Å². The molecule has 0 aromatic carbocycles. The molecule has 96 valence electrons. The van der Waals surface area contributed by atoms with Crippen LogP contribution >= 0.6 is 31.1 Å². The molecule has 0 N–H and O–H groups in total. The molecule has 1 atom stereocenters. The summed E-state index contributed by atoms with van der Waals surface area (Å²) in [6.07, 6.45) is -1.90. The highest BCUT2D eigenvalue weighted by atomic mass is 35.5. The van der Waals surface area contributed by atoms with Gasteiger partial charge in [-0.15, -0.1) is 23.2 Å². The van der Waals surface area contributed by atoms with E-state index in [1.54, 1.807) is 0 Å². The van der Waals surface area contributed by atoms with Crippen LogP contribution in [0.15, 0.2) is 0 Å². The Hall–Kier alpha value is 0.660. The van der Waals surface area contributed by atoms with Gasteiger partial charge >= 0.3 is 11.8 Å². The lowest BCUT2D eigenvalue weighted by atomic mass is 9.90. The van der Waals surface area contributed by atoms with Crippen LogP contribution in [0.3, 0.4) is 0 Å². The summed E-state index contributed by atoms with van der Waals surface area (Å²) in [5.41, 5.74) is -0.887. The molecule has 0 nitrogen and oxygen atoms in total. The van der Waals surface area contributed by atoms with Gasteiger partial charge in [-0.05, 0) is 20.8 Å². The maximum atomic E-state index is 14.1. The third-order valence-corrected chi connectivity index (χ3v) is 6.54. The van der Waals surface area contributed by atoms with E-state index < -0.39 is 49.3 Å². The number of halogens is 7. The van der Waals surface area contributed by atoms with E-state index in [-0.39, 0.29) is 6.42 Å². The van der Waals surface area contributed by atoms with Gasteiger partial charge in [-0.2, -0.15) is 17.6 Å². The van der Waals surface area contributed by atoms with Crippen LogP contribution in [0.5, 0.6) is 0 Å². The topological polar surface area (TPSA) is 0 Å². The molecular weight excluding hydrogens is 293 g/mol. The van der Waals surface area contributed by atoms with Crippen molar-refractivity contribution < 1.29 is 22.0 Å². The number of hydrogen-bond acceptors (Lipinski definition) is 0. The Morgan fingerprint density at radius 2 is 1.44 bits per heavy atom. The van der Waals surface area contributed by atoms with Crippen molar-refractivity contribution in [2.24, 2.45) is 0 Å². The first kappa shape index (κ1) is 14.7. The maximum absolute atomic E-state index is 14.1. The molecule has 0 amide bonds. The molecule has 1 fully saturated rings. The summed E-state index contributed by atoms with van der Waals surface area (Å²) in [6, 6.07) is 0. The van der Waals surface area contributed by atoms with Crippen LogP contribution in [-0.4, -0.2) is 28.5 Å². The molecule has 1 unspecified atom stereocenters. The van der Waals surface area contributed by atoms with Gasteiger partial charge in [0.15, 0.2) is 0 Å². The largest absolute Gasteiger partial charge is 0.347 e. The Labute approximate surface area is 101 Å². The minimum atomic E-state index is -4.69. The molecule has 1 aliphatic rings. The highest BCUT2D eigenvalue weighted by Gasteiger charge is 2.73. The highest BCUT2D eigenvalue weighted by molar-refractivity contribution is 7.62. The van der Waals surface area contributed by atoms with Crippen molar-refractivity contribution in [2.75, 3.05) is 11.2 Å². The molecule has 0 aromatic rings. The van der Waals surface area contributed by atoms with Gasteiger partial charge in [0.05, 0.1) is 0 Å². The Balaban J connectivity index is 3.10. The lowest BCUT2D eigenvalue weighted by Crippen LogP contribution is -2.58. The third-order valence-electron chi connectivity index (χ3n) is 2.73. The zero-order valence-corrected chi connectivity index (χ0v) is 10.5. The number of alkyl halides is 7. The van der Waals surface area contributed by atoms with Crippen LogP contribution < -0.4 is 0 Å². The summed E-state index contributed by atoms with van der Waals surface area (Å²) < 4.78 is 67.1. The summed E-state index contributed by atoms with van der Waals surface area (Å²) in [5.74, 6) is -9.01. The van der Waals surface area contributed by atoms with E-state index in [4.69, 9.17) is 23.2 Å². The van der Waals surface area contributed by atoms with Crippen LogP contribution in [0.4, 0.5) is 22.0 Å². The fraction of sp³-hybridized carbons (Fsp3) is 1.00. The fourth-order valence-corrected chi connectivity index (χ4v) is 5.10. The predicted molar refractivity (Wildman–Crippen MR) is 55.9 cm³/mol. The Kier molecular flexibility index (Phi) is 4.36. The van der Waals surface area contributed by atoms with Gasteiger partial charge in [0, 0.05) is 17.7 Å². The molecule has 0 aliphatic heterocycles. The van der Waals surface area contributed by atoms with Gasteiger partial charge in [-0.3, -0.25) is 0 Å². The highest BCUT2D eigenvalue weighted by Crippen LogP contribution is 2.67. The van der Waals surface area contributed by atoms with Crippen LogP contribution in [0.25, 0.3) is 0 Å². The quantitative estimate of drug-likeness (QED) is 0.392. The van der Waals surface area contributed by atoms with Crippen LogP contribution in [0, 0.1) is 0 Å². The monoisotopic (exact) mass is 302 g/mol. The summed E-state index contributed by atoms with van der Waals surface area (Å²) >= 11 is 10.7. The molecule has 0 heterocycles. The SMILES string of the molecule is FC1(F)CCCC(F)(P(CCl)CCl)C1(F)F. The first-order valence-electron chi connectivity index (χ1n) is 4.54. The van der Waals surface area contributed by atoms with E-state index in [0.29, 0.717) is 0 Å². The third kappa shape index (κ3) is 2.04. The molecule has 0 aromatic heterocycles. The maximum Gasteiger partial charge on any atom is 0.347 e. The molecule has 1 saturated carbocycles. The van der Waals surface area contributed by atoms with Crippen molar-refractivity contribution >= 4 is 31.1 Å². The van der Waals surface area contributed by atoms with Gasteiger partial charge in [-0.25, -0.2) is 4.39 Å². The second-order valence-electron chi connectivity index (χ2n) is 3.67. The van der Waals surface area contributed by atoms with Crippen molar-refractivity contribution in [3.63, 3.8) is 0 Å². The first-order valence-corrected chi connectivity index (χ1v) is 7.32. The second kappa shape index (κ2) is 4.74. The second-order valence-corrected chi connectivity index (χ2v) is 7.37. The van der Waals surface area contributed by atoms with E-state index in [0.717, 1.165) is 0 Å². The molecule has 0 radical (unpaired) electrons. The van der Waals surface area contributed by atoms with Gasteiger partial charge in [0.2, 0.25) is 5.41 Å². The standard InChI is InChI=1S/C8H10Cl2F5P/c9-4-16(5-10)7(13)3-1-2-6(11,12)8(7,14)15/h1-5H2. The smallest absolute Gasteiger partial charge is 0.232 e. The van der Waals surface area contributed by atoms with Crippen molar-refractivity contribution in [3.8, 4) is 0 Å². The number of hydrogen-bond donors (Lipinski definition) is 0. The van der Waals surface area contributed by atoms with Crippen LogP contribution in [-0.2, 0) is 0 Å². The zero-order chi connectivity index (χ0) is 12.6. The average Bonchev–Trinajstić information content (AvgIpc) is 2.16. The molecule has 1 aliphatic carbocycles. The molecule has 8 heteroatoms. The van der Waals surface area contributed by atoms with E-state index in [2.05, 4.69) is 0 Å². The molecule has 0 spiro atoms. The van der Waals surface area contributed by atoms with Crippen molar-refractivity contribution in [3.05, 3.63) is 0 Å². The molecule has 1 rings (SSSR count). The van der Waals surface area contributed by atoms with Gasteiger partial charge < -0.3 is 0 Å². The summed E-state index contributed by atoms with van der Waals surface area (Å²) in [7, 11) is -2.17. The molecule has 16 heavy (non-hydrogen) atoms. The zero-order valence-electron chi connectivity index (χ0n) is 8.13. The van der Waals surface area contributed by atoms with E-state index in [1.807, 2.05) is 0 Å². The average molecular weight is 303 g/mol. The normalized spacial score (nSPS) is 33.0. The Morgan fingerprint density at radius 1 is 0.938 bits per heavy atom. The van der Waals surface area contributed by atoms with Crippen molar-refractivity contribution in [1.82, 2.24) is 0 Å². The van der Waals surface area contributed by atoms with Crippen LogP contribution in [0.1, 0.15) is 19.3 Å². The lowest BCUT2D eigenvalue weighted by molar-refractivity contribution is -0.268. The Morgan fingerprint density at radius 3 is 1.88 bits per heavy atom. The summed E-state index contributed by atoms with van der Waals surface area (Å²) in [4.78, 5) is 0. The number of rotatable bonds is 3. The van der Waals surface area contributed by atoms with Crippen molar-refractivity contribution in [2.45, 2.75) is 36.5 Å². The lowest BCUT2D eigenvalue weighted by Gasteiger charge is -2.45. The van der Waals surface area contributed by atoms with Crippen LogP contribution in [0.2, 0.25) is 0 Å².